The lowest BCUT2D eigenvalue weighted by molar-refractivity contribution is 1.07. The Bertz CT molecular complexity index is 576. The molecule has 0 amide bonds. The molecule has 1 aromatic rings. The van der Waals surface area contributed by atoms with Gasteiger partial charge in [0.1, 0.15) is 5.84 Å². The molecule has 8 heteroatoms. The molecule has 1 aromatic carbocycles. The van der Waals surface area contributed by atoms with Crippen molar-refractivity contribution in [2.45, 2.75) is 19.8 Å². The number of halogens is 2. The lowest BCUT2D eigenvalue weighted by Crippen LogP contribution is -2.22. The molecule has 0 fully saturated rings. The number of amidine groups is 1. The first-order valence-corrected chi connectivity index (χ1v) is 5.63. The summed E-state index contributed by atoms with van der Waals surface area (Å²) in [4.78, 5) is 0. The van der Waals surface area contributed by atoms with Gasteiger partial charge in [-0.25, -0.2) is 0 Å². The van der Waals surface area contributed by atoms with Crippen LogP contribution < -0.4 is 17.2 Å². The summed E-state index contributed by atoms with van der Waals surface area (Å²) in [5, 5.41) is 15.3. The summed E-state index contributed by atoms with van der Waals surface area (Å²) in [5.74, 6) is 0.0217. The van der Waals surface area contributed by atoms with Crippen molar-refractivity contribution < 1.29 is 0 Å². The summed E-state index contributed by atoms with van der Waals surface area (Å²) in [5.41, 5.74) is 20.8. The van der Waals surface area contributed by atoms with Crippen molar-refractivity contribution in [3.63, 3.8) is 0 Å². The predicted molar refractivity (Wildman–Crippen MR) is 87.4 cm³/mol. The van der Waals surface area contributed by atoms with Gasteiger partial charge in [-0.1, -0.05) is 0 Å². The van der Waals surface area contributed by atoms with Crippen molar-refractivity contribution in [3.8, 4) is 0 Å². The third kappa shape index (κ3) is 3.61. The van der Waals surface area contributed by atoms with Crippen LogP contribution in [0.5, 0.6) is 0 Å². The molecule has 2 rings (SSSR count). The second-order valence-electron chi connectivity index (χ2n) is 4.32. The molecule has 0 saturated carbocycles. The molecule has 7 N–H and O–H groups in total. The van der Waals surface area contributed by atoms with Gasteiger partial charge in [-0.3, -0.25) is 5.41 Å². The molecule has 0 bridgehead atoms. The number of nitrogens with one attached hydrogen (secondary N) is 1. The Morgan fingerprint density at radius 2 is 1.80 bits per heavy atom. The molecule has 0 aliphatic heterocycles. The molecule has 110 valence electrons. The summed E-state index contributed by atoms with van der Waals surface area (Å²) in [6.45, 7) is 1.96. The van der Waals surface area contributed by atoms with Crippen molar-refractivity contribution in [1.29, 1.82) is 5.41 Å². The number of fused-ring (bicyclic) bond motifs is 1. The minimum Gasteiger partial charge on any atom is -0.384 e. The summed E-state index contributed by atoms with van der Waals surface area (Å²) in [6, 6.07) is 3.94. The van der Waals surface area contributed by atoms with E-state index >= 15 is 0 Å². The van der Waals surface area contributed by atoms with E-state index < -0.39 is 0 Å². The van der Waals surface area contributed by atoms with Gasteiger partial charge in [0.15, 0.2) is 0 Å². The number of hydrogen-bond acceptors (Lipinski definition) is 3. The highest BCUT2D eigenvalue weighted by molar-refractivity contribution is 6.08. The van der Waals surface area contributed by atoms with E-state index in [1.807, 2.05) is 19.1 Å². The van der Waals surface area contributed by atoms with Gasteiger partial charge in [0, 0.05) is 11.1 Å². The molecule has 1 aliphatic carbocycles. The van der Waals surface area contributed by atoms with E-state index in [1.165, 1.54) is 0 Å². The molecule has 0 aromatic heterocycles. The Labute approximate surface area is 129 Å². The molecule has 20 heavy (non-hydrogen) atoms. The maximum Gasteiger partial charge on any atom is 0.211 e. The number of aryl methyl sites for hydroxylation is 1. The van der Waals surface area contributed by atoms with Gasteiger partial charge in [-0.05, 0) is 43.0 Å². The first-order chi connectivity index (χ1) is 8.49. The predicted octanol–water partition coefficient (Wildman–Crippen LogP) is 1.05. The fraction of sp³-hybridized carbons (Fsp3) is 0.250. The van der Waals surface area contributed by atoms with Gasteiger partial charge in [-0.15, -0.1) is 29.9 Å². The first kappa shape index (κ1) is 18.2. The van der Waals surface area contributed by atoms with Crippen LogP contribution in [-0.2, 0) is 6.42 Å². The Morgan fingerprint density at radius 1 is 1.15 bits per heavy atom. The number of benzene rings is 1. The number of nitrogens with zero attached hydrogens (tertiary/aromatic N) is 2. The van der Waals surface area contributed by atoms with Crippen LogP contribution in [0.2, 0.25) is 0 Å². The van der Waals surface area contributed by atoms with Gasteiger partial charge in [-0.2, -0.15) is 5.10 Å². The average Bonchev–Trinajstić information content (AvgIpc) is 2.68. The highest BCUT2D eigenvalue weighted by Gasteiger charge is 2.22. The summed E-state index contributed by atoms with van der Waals surface area (Å²) in [6.07, 6.45) is 1.57. The zero-order valence-corrected chi connectivity index (χ0v) is 12.6. The molecule has 0 spiro atoms. The molecule has 1 aliphatic rings. The third-order valence-corrected chi connectivity index (χ3v) is 2.89. The van der Waals surface area contributed by atoms with Crippen molar-refractivity contribution in [3.05, 3.63) is 34.4 Å². The second kappa shape index (κ2) is 7.12. The van der Waals surface area contributed by atoms with Crippen molar-refractivity contribution in [2.75, 3.05) is 0 Å². The van der Waals surface area contributed by atoms with E-state index in [1.54, 1.807) is 0 Å². The molecular formula is C12H18Cl2N6. The second-order valence-corrected chi connectivity index (χ2v) is 4.32. The molecule has 0 unspecified atom stereocenters. The van der Waals surface area contributed by atoms with Crippen LogP contribution in [0.4, 0.5) is 0 Å². The van der Waals surface area contributed by atoms with Crippen LogP contribution in [0.3, 0.4) is 0 Å². The summed E-state index contributed by atoms with van der Waals surface area (Å²) in [7, 11) is 0. The molecule has 0 radical (unpaired) electrons. The van der Waals surface area contributed by atoms with Crippen LogP contribution in [0.15, 0.2) is 22.3 Å². The van der Waals surface area contributed by atoms with Crippen LogP contribution in [0, 0.1) is 12.3 Å². The number of guanidine groups is 1. The molecular weight excluding hydrogens is 299 g/mol. The fourth-order valence-corrected chi connectivity index (χ4v) is 2.18. The Morgan fingerprint density at radius 3 is 2.35 bits per heavy atom. The van der Waals surface area contributed by atoms with Crippen molar-refractivity contribution >= 4 is 42.3 Å². The van der Waals surface area contributed by atoms with Gasteiger partial charge >= 0.3 is 0 Å². The van der Waals surface area contributed by atoms with Crippen LogP contribution >= 0.6 is 24.8 Å². The monoisotopic (exact) mass is 316 g/mol. The van der Waals surface area contributed by atoms with E-state index in [2.05, 4.69) is 10.2 Å². The zero-order valence-electron chi connectivity index (χ0n) is 11.0. The first-order valence-electron chi connectivity index (χ1n) is 5.63. The smallest absolute Gasteiger partial charge is 0.211 e. The van der Waals surface area contributed by atoms with E-state index in [4.69, 9.17) is 22.6 Å². The third-order valence-electron chi connectivity index (χ3n) is 2.89. The maximum absolute atomic E-state index is 7.61. The van der Waals surface area contributed by atoms with Gasteiger partial charge in [0.2, 0.25) is 5.96 Å². The number of hydrogen-bond donors (Lipinski definition) is 4. The fourth-order valence-electron chi connectivity index (χ4n) is 2.18. The number of rotatable bonds is 2. The Balaban J connectivity index is 0.00000180. The van der Waals surface area contributed by atoms with E-state index in [9.17, 15) is 0 Å². The Hall–Kier alpha value is -1.79. The SMILES string of the molecule is Cc1cc(C(=N)N)c2c(c1)C(=NN=C(N)N)CC2.Cl.Cl. The number of nitrogens with two attached hydrogens (primary N) is 3. The van der Waals surface area contributed by atoms with Crippen molar-refractivity contribution in [2.24, 2.45) is 27.4 Å². The normalized spacial score (nSPS) is 13.9. The maximum atomic E-state index is 7.61. The van der Waals surface area contributed by atoms with E-state index in [0.717, 1.165) is 40.8 Å². The largest absolute Gasteiger partial charge is 0.384 e. The Kier molecular flexibility index (Phi) is 6.48. The number of nitrogen functional groups attached to an aromatic ring is 1. The van der Waals surface area contributed by atoms with Crippen molar-refractivity contribution in [1.82, 2.24) is 0 Å². The molecule has 0 heterocycles. The molecule has 0 saturated heterocycles. The van der Waals surface area contributed by atoms with Crippen LogP contribution in [0.1, 0.15) is 28.7 Å². The van der Waals surface area contributed by atoms with Gasteiger partial charge in [0.25, 0.3) is 0 Å². The quantitative estimate of drug-likeness (QED) is 0.370. The van der Waals surface area contributed by atoms with E-state index in [0.29, 0.717) is 0 Å². The van der Waals surface area contributed by atoms with Crippen LogP contribution in [-0.4, -0.2) is 17.5 Å². The standard InChI is InChI=1S/C12H16N6.2ClH/c1-6-4-8-7(9(5-6)11(13)14)2-3-10(8)17-18-12(15)16;;/h4-5H,2-3H2,1H3,(H3,13,14)(H4,15,16,18);2*1H. The topological polar surface area (TPSA) is 127 Å². The summed E-state index contributed by atoms with van der Waals surface area (Å²) < 4.78 is 0. The lowest BCUT2D eigenvalue weighted by Gasteiger charge is -2.08. The van der Waals surface area contributed by atoms with E-state index in [-0.39, 0.29) is 36.6 Å². The minimum absolute atomic E-state index is 0. The van der Waals surface area contributed by atoms with Gasteiger partial charge < -0.3 is 17.2 Å². The lowest BCUT2D eigenvalue weighted by atomic mass is 9.99. The highest BCUT2D eigenvalue weighted by Crippen LogP contribution is 2.27. The highest BCUT2D eigenvalue weighted by atomic mass is 35.5. The zero-order chi connectivity index (χ0) is 13.3. The van der Waals surface area contributed by atoms with Crippen LogP contribution in [0.25, 0.3) is 0 Å². The molecule has 0 atom stereocenters. The summed E-state index contributed by atoms with van der Waals surface area (Å²) >= 11 is 0. The average molecular weight is 317 g/mol. The van der Waals surface area contributed by atoms with Gasteiger partial charge in [0.05, 0.1) is 5.71 Å². The molecule has 6 nitrogen and oxygen atoms in total. The minimum atomic E-state index is -0.0598.